The summed E-state index contributed by atoms with van der Waals surface area (Å²) in [6, 6.07) is 0. The van der Waals surface area contributed by atoms with E-state index in [1.807, 2.05) is 0 Å². The molecule has 2 saturated heterocycles. The summed E-state index contributed by atoms with van der Waals surface area (Å²) in [5.74, 6) is -0.301. The fraction of sp³-hybridized carbons (Fsp3) is 1.00. The van der Waals surface area contributed by atoms with Gasteiger partial charge in [-0.15, -0.1) is 0 Å². The van der Waals surface area contributed by atoms with Crippen LogP contribution in [-0.2, 0) is 14.2 Å². The quantitative estimate of drug-likeness (QED) is 0.455. The molecule has 3 aliphatic rings. The fourth-order valence-corrected chi connectivity index (χ4v) is 2.01. The molecule has 2 atom stereocenters. The van der Waals surface area contributed by atoms with Crippen LogP contribution in [0.25, 0.3) is 0 Å². The maximum Gasteiger partial charge on any atom is 0.197 e. The van der Waals surface area contributed by atoms with E-state index in [1.54, 1.807) is 0 Å². The normalized spacial score (nSPS) is 48.0. The van der Waals surface area contributed by atoms with Gasteiger partial charge in [0.25, 0.3) is 0 Å². The summed E-state index contributed by atoms with van der Waals surface area (Å²) in [5, 5.41) is 0. The lowest BCUT2D eigenvalue weighted by Gasteiger charge is -2.21. The van der Waals surface area contributed by atoms with Crippen molar-refractivity contribution < 1.29 is 14.2 Å². The zero-order valence-corrected chi connectivity index (χ0v) is 5.71. The Morgan fingerprint density at radius 2 is 2.00 bits per heavy atom. The Kier molecular flexibility index (Phi) is 0.854. The Morgan fingerprint density at radius 3 is 2.50 bits per heavy atom. The molecule has 56 valence electrons. The lowest BCUT2D eigenvalue weighted by molar-refractivity contribution is -0.172. The molecule has 0 amide bonds. The molecule has 3 rings (SSSR count). The summed E-state index contributed by atoms with van der Waals surface area (Å²) < 4.78 is 16.4. The first kappa shape index (κ1) is 5.52. The summed E-state index contributed by atoms with van der Waals surface area (Å²) >= 11 is 0. The van der Waals surface area contributed by atoms with E-state index in [2.05, 4.69) is 0 Å². The van der Waals surface area contributed by atoms with Crippen LogP contribution in [0.2, 0.25) is 0 Å². The molecule has 2 aliphatic heterocycles. The van der Waals surface area contributed by atoms with E-state index in [9.17, 15) is 0 Å². The summed E-state index contributed by atoms with van der Waals surface area (Å²) in [4.78, 5) is 0. The van der Waals surface area contributed by atoms with Crippen molar-refractivity contribution in [2.75, 3.05) is 13.2 Å². The Morgan fingerprint density at radius 1 is 1.20 bits per heavy atom. The first-order valence-corrected chi connectivity index (χ1v) is 3.84. The minimum absolute atomic E-state index is 0.273. The number of hydrogen-bond donors (Lipinski definition) is 0. The van der Waals surface area contributed by atoms with Gasteiger partial charge in [0.2, 0.25) is 0 Å². The van der Waals surface area contributed by atoms with Crippen molar-refractivity contribution in [1.29, 1.82) is 0 Å². The second-order valence-corrected chi connectivity index (χ2v) is 3.14. The van der Waals surface area contributed by atoms with E-state index < -0.39 is 0 Å². The second-order valence-electron chi connectivity index (χ2n) is 3.14. The molecule has 10 heavy (non-hydrogen) atoms. The lowest BCUT2D eigenvalue weighted by Crippen LogP contribution is -2.33. The predicted octanol–water partition coefficient (Wildman–Crippen LogP) is 0.291. The minimum Gasteiger partial charge on any atom is -0.364 e. The van der Waals surface area contributed by atoms with Crippen molar-refractivity contribution in [1.82, 2.24) is 0 Å². The Labute approximate surface area is 59.3 Å². The first-order valence-electron chi connectivity index (χ1n) is 3.84. The van der Waals surface area contributed by atoms with Crippen LogP contribution in [0, 0.1) is 0 Å². The highest BCUT2D eigenvalue weighted by Gasteiger charge is 2.63. The van der Waals surface area contributed by atoms with Crippen molar-refractivity contribution in [3.63, 3.8) is 0 Å². The molecule has 3 heteroatoms. The van der Waals surface area contributed by atoms with Gasteiger partial charge in [0.15, 0.2) is 5.79 Å². The Bertz CT molecular complexity index is 157. The van der Waals surface area contributed by atoms with Gasteiger partial charge in [0, 0.05) is 6.42 Å². The van der Waals surface area contributed by atoms with E-state index in [-0.39, 0.29) is 11.9 Å². The van der Waals surface area contributed by atoms with Crippen LogP contribution >= 0.6 is 0 Å². The van der Waals surface area contributed by atoms with Crippen LogP contribution in [0.1, 0.15) is 12.8 Å². The molecular weight excluding hydrogens is 132 g/mol. The number of fused-ring (bicyclic) bond motifs is 2. The molecule has 0 aromatic rings. The third-order valence-corrected chi connectivity index (χ3v) is 2.57. The standard InChI is InChI=1S/C7H10O3/c1-2-7(6-5(1)10-6)8-3-4-9-7/h5-6H,1-4H2. The minimum atomic E-state index is -0.301. The second kappa shape index (κ2) is 1.55. The highest BCUT2D eigenvalue weighted by Crippen LogP contribution is 2.49. The average molecular weight is 142 g/mol. The molecular formula is C7H10O3. The van der Waals surface area contributed by atoms with Gasteiger partial charge in [0.1, 0.15) is 6.10 Å². The van der Waals surface area contributed by atoms with E-state index in [4.69, 9.17) is 14.2 Å². The summed E-state index contributed by atoms with van der Waals surface area (Å²) in [5.41, 5.74) is 0. The molecule has 2 heterocycles. The third-order valence-electron chi connectivity index (χ3n) is 2.57. The topological polar surface area (TPSA) is 31.0 Å². The van der Waals surface area contributed by atoms with Crippen molar-refractivity contribution in [2.24, 2.45) is 0 Å². The van der Waals surface area contributed by atoms with Gasteiger partial charge in [0.05, 0.1) is 19.3 Å². The molecule has 0 aromatic carbocycles. The molecule has 0 N–H and O–H groups in total. The molecule has 1 saturated carbocycles. The number of hydrogen-bond acceptors (Lipinski definition) is 3. The zero-order valence-electron chi connectivity index (χ0n) is 5.71. The van der Waals surface area contributed by atoms with E-state index in [0.717, 1.165) is 26.1 Å². The van der Waals surface area contributed by atoms with E-state index in [0.29, 0.717) is 6.10 Å². The highest BCUT2D eigenvalue weighted by atomic mass is 16.8. The lowest BCUT2D eigenvalue weighted by atomic mass is 10.2. The van der Waals surface area contributed by atoms with Gasteiger partial charge >= 0.3 is 0 Å². The van der Waals surface area contributed by atoms with Gasteiger partial charge in [-0.25, -0.2) is 0 Å². The zero-order chi connectivity index (χ0) is 6.60. The molecule has 0 aromatic heterocycles. The van der Waals surface area contributed by atoms with Crippen LogP contribution < -0.4 is 0 Å². The number of rotatable bonds is 0. The Hall–Kier alpha value is -0.120. The molecule has 1 aliphatic carbocycles. The first-order chi connectivity index (χ1) is 4.91. The van der Waals surface area contributed by atoms with Gasteiger partial charge in [-0.1, -0.05) is 0 Å². The van der Waals surface area contributed by atoms with Crippen molar-refractivity contribution in [2.45, 2.75) is 30.8 Å². The largest absolute Gasteiger partial charge is 0.364 e. The smallest absolute Gasteiger partial charge is 0.197 e. The maximum absolute atomic E-state index is 5.51. The summed E-state index contributed by atoms with van der Waals surface area (Å²) in [6.45, 7) is 1.49. The van der Waals surface area contributed by atoms with Gasteiger partial charge in [-0.05, 0) is 6.42 Å². The van der Waals surface area contributed by atoms with Crippen LogP contribution in [0.3, 0.4) is 0 Å². The van der Waals surface area contributed by atoms with Crippen molar-refractivity contribution in [3.8, 4) is 0 Å². The van der Waals surface area contributed by atoms with Gasteiger partial charge < -0.3 is 14.2 Å². The summed E-state index contributed by atoms with van der Waals surface area (Å²) in [7, 11) is 0. The average Bonchev–Trinajstić information content (AvgIpc) is 2.49. The van der Waals surface area contributed by atoms with Crippen LogP contribution in [0.5, 0.6) is 0 Å². The van der Waals surface area contributed by atoms with Crippen molar-refractivity contribution >= 4 is 0 Å². The SMILES string of the molecule is C1COC2(CCC3OC32)O1. The summed E-state index contributed by atoms with van der Waals surface area (Å²) in [6.07, 6.45) is 2.88. The van der Waals surface area contributed by atoms with Crippen LogP contribution in [0.4, 0.5) is 0 Å². The van der Waals surface area contributed by atoms with Crippen LogP contribution in [0.15, 0.2) is 0 Å². The fourth-order valence-electron chi connectivity index (χ4n) is 2.01. The molecule has 0 radical (unpaired) electrons. The number of ether oxygens (including phenoxy) is 3. The molecule has 3 nitrogen and oxygen atoms in total. The van der Waals surface area contributed by atoms with Gasteiger partial charge in [-0.2, -0.15) is 0 Å². The molecule has 3 fully saturated rings. The third kappa shape index (κ3) is 0.516. The number of epoxide rings is 1. The van der Waals surface area contributed by atoms with Crippen molar-refractivity contribution in [3.05, 3.63) is 0 Å². The Balaban J connectivity index is 1.89. The van der Waals surface area contributed by atoms with Crippen LogP contribution in [-0.4, -0.2) is 31.2 Å². The molecule has 2 unspecified atom stereocenters. The maximum atomic E-state index is 5.51. The predicted molar refractivity (Wildman–Crippen MR) is 32.5 cm³/mol. The highest BCUT2D eigenvalue weighted by molar-refractivity contribution is 5.05. The molecule has 1 spiro atoms. The van der Waals surface area contributed by atoms with E-state index in [1.165, 1.54) is 0 Å². The van der Waals surface area contributed by atoms with Gasteiger partial charge in [-0.3, -0.25) is 0 Å². The molecule has 0 bridgehead atoms. The van der Waals surface area contributed by atoms with E-state index >= 15 is 0 Å². The monoisotopic (exact) mass is 142 g/mol.